The average Bonchev–Trinajstić information content (AvgIpc) is 3.14. The molecule has 0 aromatic carbocycles. The summed E-state index contributed by atoms with van der Waals surface area (Å²) in [6.07, 6.45) is 28.4. The molecule has 6 heteroatoms. The van der Waals surface area contributed by atoms with E-state index >= 15 is 0 Å². The fourth-order valence-electron chi connectivity index (χ4n) is 7.09. The van der Waals surface area contributed by atoms with Gasteiger partial charge in [-0.3, -0.25) is 4.79 Å². The maximum absolute atomic E-state index is 12.2. The second-order valence-corrected chi connectivity index (χ2v) is 18.5. The third-order valence-electron chi connectivity index (χ3n) is 11.6. The van der Waals surface area contributed by atoms with E-state index in [1.165, 1.54) is 103 Å². The average molecular weight is 782 g/mol. The molecule has 55 heavy (non-hydrogen) atoms. The van der Waals surface area contributed by atoms with Crippen molar-refractivity contribution < 1.29 is 23.8 Å². The molecule has 0 fully saturated rings. The minimum absolute atomic E-state index is 0.00423. The van der Waals surface area contributed by atoms with Gasteiger partial charge in [-0.25, -0.2) is 0 Å². The highest BCUT2D eigenvalue weighted by molar-refractivity contribution is 5.69. The fraction of sp³-hybridized carbons (Fsp3) is 0.959. The molecule has 330 valence electrons. The first-order chi connectivity index (χ1) is 26.4. The van der Waals surface area contributed by atoms with Crippen LogP contribution in [0.2, 0.25) is 0 Å². The normalized spacial score (nSPS) is 13.5. The molecular formula is C49H99NO5. The van der Waals surface area contributed by atoms with Crippen molar-refractivity contribution in [1.82, 2.24) is 4.90 Å². The first kappa shape index (κ1) is 56.1. The van der Waals surface area contributed by atoms with Crippen LogP contribution in [0.15, 0.2) is 0 Å². The zero-order valence-corrected chi connectivity index (χ0v) is 39.1. The molecule has 0 aliphatic heterocycles. The number of esters is 1. The van der Waals surface area contributed by atoms with E-state index in [9.17, 15) is 9.59 Å². The van der Waals surface area contributed by atoms with Gasteiger partial charge in [0.1, 0.15) is 6.29 Å². The summed E-state index contributed by atoms with van der Waals surface area (Å²) in [6, 6.07) is 0. The van der Waals surface area contributed by atoms with Crippen LogP contribution < -0.4 is 0 Å². The molecule has 0 saturated heterocycles. The summed E-state index contributed by atoms with van der Waals surface area (Å²) in [5, 5.41) is 0. The standard InChI is InChI=1S/C38H75NO4.C11H24O/c1-7-39(6)29-23-31-42-32-36(24-19-15-11-8-9-14-18-22-30-40)25-20-16-12-10-13-17-21-26-38(41)43-33-37(35(4)5)28-27-34(2)3;1-9(2)6-7-11(8-12-5)10(3)4/h30,34-37H,7-29,31-33H2,1-6H3;9-11H,6-8H2,1-5H3. The molecule has 0 rings (SSSR count). The maximum Gasteiger partial charge on any atom is 0.305 e. The van der Waals surface area contributed by atoms with Crippen LogP contribution in [0.3, 0.4) is 0 Å². The van der Waals surface area contributed by atoms with Gasteiger partial charge in [-0.15, -0.1) is 0 Å². The van der Waals surface area contributed by atoms with E-state index < -0.39 is 0 Å². The van der Waals surface area contributed by atoms with Crippen molar-refractivity contribution in [2.75, 3.05) is 53.7 Å². The van der Waals surface area contributed by atoms with Crippen LogP contribution in [0.4, 0.5) is 0 Å². The van der Waals surface area contributed by atoms with Gasteiger partial charge in [-0.2, -0.15) is 0 Å². The summed E-state index contributed by atoms with van der Waals surface area (Å²) in [5.74, 6) is 4.77. The Kier molecular flexibility index (Phi) is 42.0. The molecule has 0 saturated carbocycles. The monoisotopic (exact) mass is 782 g/mol. The van der Waals surface area contributed by atoms with E-state index in [0.717, 1.165) is 95.5 Å². The van der Waals surface area contributed by atoms with Gasteiger partial charge in [0.25, 0.3) is 0 Å². The maximum atomic E-state index is 12.2. The number of ether oxygens (including phenoxy) is 3. The molecule has 3 unspecified atom stereocenters. The number of hydrogen-bond donors (Lipinski definition) is 0. The SMILES string of the molecule is CCN(C)CCCOCC(CCCCCCCCCC=O)CCCCCCCCCC(=O)OCC(CCC(C)C)C(C)C.COCC(CCC(C)C)C(C)C. The molecule has 0 radical (unpaired) electrons. The van der Waals surface area contributed by atoms with Crippen molar-refractivity contribution in [3.05, 3.63) is 0 Å². The summed E-state index contributed by atoms with van der Waals surface area (Å²) in [7, 11) is 3.97. The van der Waals surface area contributed by atoms with Crippen LogP contribution in [0.5, 0.6) is 0 Å². The number of carbonyl (C=O) groups excluding carboxylic acids is 2. The van der Waals surface area contributed by atoms with Gasteiger partial charge in [0.2, 0.25) is 0 Å². The second-order valence-electron chi connectivity index (χ2n) is 18.5. The lowest BCUT2D eigenvalue weighted by Gasteiger charge is -2.21. The number of carbonyl (C=O) groups is 2. The summed E-state index contributed by atoms with van der Waals surface area (Å²) in [4.78, 5) is 25.0. The quantitative estimate of drug-likeness (QED) is 0.0351. The first-order valence-corrected chi connectivity index (χ1v) is 23.7. The van der Waals surface area contributed by atoms with Gasteiger partial charge in [-0.1, -0.05) is 152 Å². The van der Waals surface area contributed by atoms with E-state index in [1.807, 2.05) is 0 Å². The third-order valence-corrected chi connectivity index (χ3v) is 11.6. The van der Waals surface area contributed by atoms with Crippen molar-refractivity contribution in [1.29, 1.82) is 0 Å². The van der Waals surface area contributed by atoms with E-state index in [-0.39, 0.29) is 5.97 Å². The molecular weight excluding hydrogens is 683 g/mol. The first-order valence-electron chi connectivity index (χ1n) is 23.7. The molecule has 0 aromatic rings. The van der Waals surface area contributed by atoms with Gasteiger partial charge < -0.3 is 23.9 Å². The summed E-state index contributed by atoms with van der Waals surface area (Å²) in [6.45, 7) is 25.9. The Hall–Kier alpha value is -0.980. The molecule has 0 N–H and O–H groups in total. The lowest BCUT2D eigenvalue weighted by Crippen LogP contribution is -2.20. The Morgan fingerprint density at radius 2 is 1.05 bits per heavy atom. The Balaban J connectivity index is 0. The van der Waals surface area contributed by atoms with Gasteiger partial charge in [-0.05, 0) is 100.0 Å². The molecule has 0 aliphatic rings. The lowest BCUT2D eigenvalue weighted by atomic mass is 9.89. The van der Waals surface area contributed by atoms with Gasteiger partial charge in [0, 0.05) is 46.3 Å². The Labute approximate surface area is 345 Å². The number of aldehydes is 1. The van der Waals surface area contributed by atoms with Crippen LogP contribution in [0.1, 0.15) is 210 Å². The summed E-state index contributed by atoms with van der Waals surface area (Å²) < 4.78 is 17.0. The Morgan fingerprint density at radius 3 is 1.51 bits per heavy atom. The highest BCUT2D eigenvalue weighted by Gasteiger charge is 2.17. The smallest absolute Gasteiger partial charge is 0.305 e. The second kappa shape index (κ2) is 41.2. The van der Waals surface area contributed by atoms with Crippen molar-refractivity contribution in [2.24, 2.45) is 41.4 Å². The highest BCUT2D eigenvalue weighted by atomic mass is 16.5. The largest absolute Gasteiger partial charge is 0.465 e. The fourth-order valence-corrected chi connectivity index (χ4v) is 7.09. The van der Waals surface area contributed by atoms with Crippen molar-refractivity contribution in [3.63, 3.8) is 0 Å². The van der Waals surface area contributed by atoms with E-state index in [2.05, 4.69) is 74.3 Å². The molecule has 0 bridgehead atoms. The highest BCUT2D eigenvalue weighted by Crippen LogP contribution is 2.23. The van der Waals surface area contributed by atoms with Gasteiger partial charge in [0.05, 0.1) is 6.61 Å². The number of hydrogen-bond acceptors (Lipinski definition) is 6. The molecule has 0 spiro atoms. The minimum Gasteiger partial charge on any atom is -0.465 e. The van der Waals surface area contributed by atoms with Crippen molar-refractivity contribution in [3.8, 4) is 0 Å². The summed E-state index contributed by atoms with van der Waals surface area (Å²) in [5.41, 5.74) is 0. The van der Waals surface area contributed by atoms with Crippen LogP contribution >= 0.6 is 0 Å². The number of methoxy groups -OCH3 is 1. The van der Waals surface area contributed by atoms with Crippen molar-refractivity contribution in [2.45, 2.75) is 210 Å². The Morgan fingerprint density at radius 1 is 0.582 bits per heavy atom. The van der Waals surface area contributed by atoms with Crippen LogP contribution in [-0.2, 0) is 23.8 Å². The van der Waals surface area contributed by atoms with Crippen LogP contribution in [-0.4, -0.2) is 70.8 Å². The van der Waals surface area contributed by atoms with Crippen molar-refractivity contribution >= 4 is 12.3 Å². The van der Waals surface area contributed by atoms with Gasteiger partial charge >= 0.3 is 5.97 Å². The third kappa shape index (κ3) is 41.0. The molecule has 0 heterocycles. The van der Waals surface area contributed by atoms with Crippen LogP contribution in [0, 0.1) is 41.4 Å². The number of unbranched alkanes of at least 4 members (excludes halogenated alkanes) is 13. The van der Waals surface area contributed by atoms with E-state index in [1.54, 1.807) is 7.11 Å². The van der Waals surface area contributed by atoms with E-state index in [0.29, 0.717) is 36.7 Å². The minimum atomic E-state index is -0.00423. The molecule has 0 aliphatic carbocycles. The molecule has 3 atom stereocenters. The summed E-state index contributed by atoms with van der Waals surface area (Å²) >= 11 is 0. The topological polar surface area (TPSA) is 65.1 Å². The lowest BCUT2D eigenvalue weighted by molar-refractivity contribution is -0.145. The Bertz CT molecular complexity index is 800. The number of rotatable bonds is 39. The number of nitrogens with zero attached hydrogens (tertiary/aromatic N) is 1. The molecule has 0 aromatic heterocycles. The zero-order chi connectivity index (χ0) is 41.5. The zero-order valence-electron chi connectivity index (χ0n) is 39.1. The molecule has 0 amide bonds. The molecule has 6 nitrogen and oxygen atoms in total. The predicted octanol–water partition coefficient (Wildman–Crippen LogP) is 13.8. The predicted molar refractivity (Wildman–Crippen MR) is 239 cm³/mol. The van der Waals surface area contributed by atoms with Gasteiger partial charge in [0.15, 0.2) is 0 Å². The van der Waals surface area contributed by atoms with Crippen LogP contribution in [0.25, 0.3) is 0 Å². The van der Waals surface area contributed by atoms with E-state index in [4.69, 9.17) is 14.2 Å².